The Hall–Kier alpha value is -4.04. The molecule has 174 valence electrons. The zero-order chi connectivity index (χ0) is 24.1. The van der Waals surface area contributed by atoms with Crippen LogP contribution in [-0.2, 0) is 16.1 Å². The molecule has 0 saturated heterocycles. The molecule has 0 saturated carbocycles. The van der Waals surface area contributed by atoms with E-state index in [1.54, 1.807) is 49.4 Å². The van der Waals surface area contributed by atoms with Gasteiger partial charge in [-0.05, 0) is 42.8 Å². The molecule has 0 aliphatic heterocycles. The third-order valence-electron chi connectivity index (χ3n) is 4.99. The van der Waals surface area contributed by atoms with Gasteiger partial charge in [-0.15, -0.1) is 0 Å². The van der Waals surface area contributed by atoms with Crippen molar-refractivity contribution in [2.75, 3.05) is 6.61 Å². The molecule has 6 nitrogen and oxygen atoms in total. The maximum atomic E-state index is 13.6. The number of carboxylic acid groups (broad SMARTS) is 1. The summed E-state index contributed by atoms with van der Waals surface area (Å²) in [5.41, 5.74) is 2.16. The van der Waals surface area contributed by atoms with Gasteiger partial charge in [0.1, 0.15) is 11.5 Å². The fourth-order valence-corrected chi connectivity index (χ4v) is 3.28. The van der Waals surface area contributed by atoms with Crippen LogP contribution in [0.4, 0.5) is 8.78 Å². The second-order valence-corrected chi connectivity index (χ2v) is 7.54. The van der Waals surface area contributed by atoms with Gasteiger partial charge in [0.05, 0.1) is 17.8 Å². The van der Waals surface area contributed by atoms with Crippen LogP contribution in [0.5, 0.6) is 11.5 Å². The summed E-state index contributed by atoms with van der Waals surface area (Å²) in [5, 5.41) is 9.40. The molecule has 0 aliphatic carbocycles. The predicted molar refractivity (Wildman–Crippen MR) is 121 cm³/mol. The molecule has 4 rings (SSSR count). The number of aryl methyl sites for hydroxylation is 1. The number of fused-ring (bicyclic) bond motifs is 1. The van der Waals surface area contributed by atoms with E-state index in [-0.39, 0.29) is 6.61 Å². The van der Waals surface area contributed by atoms with Crippen molar-refractivity contribution in [2.24, 2.45) is 0 Å². The van der Waals surface area contributed by atoms with Crippen LogP contribution in [0.15, 0.2) is 72.8 Å². The number of hydrogen-bond donors (Lipinski definition) is 1. The van der Waals surface area contributed by atoms with E-state index in [0.29, 0.717) is 33.7 Å². The number of carbonyl (C=O) groups is 1. The summed E-state index contributed by atoms with van der Waals surface area (Å²) in [4.78, 5) is 15.3. The zero-order valence-electron chi connectivity index (χ0n) is 18.2. The monoisotopic (exact) mass is 465 g/mol. The number of benzene rings is 3. The second-order valence-electron chi connectivity index (χ2n) is 7.54. The van der Waals surface area contributed by atoms with Crippen molar-refractivity contribution < 1.29 is 32.9 Å². The van der Waals surface area contributed by atoms with Crippen molar-refractivity contribution in [1.29, 1.82) is 0 Å². The van der Waals surface area contributed by atoms with E-state index in [1.807, 2.05) is 18.2 Å². The van der Waals surface area contributed by atoms with Gasteiger partial charge in [-0.25, -0.2) is 13.6 Å². The first-order valence-electron chi connectivity index (χ1n) is 10.4. The molecule has 3 aromatic carbocycles. The highest BCUT2D eigenvalue weighted by Crippen LogP contribution is 2.29. The quantitative estimate of drug-likeness (QED) is 0.325. The summed E-state index contributed by atoms with van der Waals surface area (Å²) in [6, 6.07) is 19.7. The average molecular weight is 465 g/mol. The topological polar surface area (TPSA) is 77.9 Å². The lowest BCUT2D eigenvalue weighted by Gasteiger charge is -2.21. The first-order chi connectivity index (χ1) is 16.4. The molecule has 1 aromatic heterocycles. The first kappa shape index (κ1) is 23.1. The van der Waals surface area contributed by atoms with Crippen LogP contribution in [0.3, 0.4) is 0 Å². The van der Waals surface area contributed by atoms with E-state index in [0.717, 1.165) is 17.7 Å². The molecule has 0 fully saturated rings. The Bertz CT molecular complexity index is 1310. The molecular formula is C26H21F2NO5. The molecular weight excluding hydrogens is 444 g/mol. The standard InChI is InChI=1S/C26H21F2NO5/c1-16-7-8-18(12-24(16)32-15-25(30)31)26(34-20-5-3-2-4-6-20)33-14-19-10-9-17-11-21(27)22(28)13-23(17)29-19/h2-13,26H,14-15H2,1H3,(H,30,31). The first-order valence-corrected chi connectivity index (χ1v) is 10.4. The van der Waals surface area contributed by atoms with Crippen molar-refractivity contribution in [2.45, 2.75) is 19.8 Å². The van der Waals surface area contributed by atoms with Crippen LogP contribution in [0.2, 0.25) is 0 Å². The van der Waals surface area contributed by atoms with Crippen LogP contribution in [0.1, 0.15) is 23.1 Å². The van der Waals surface area contributed by atoms with E-state index in [1.165, 1.54) is 0 Å². The lowest BCUT2D eigenvalue weighted by atomic mass is 10.1. The molecule has 34 heavy (non-hydrogen) atoms. The third-order valence-corrected chi connectivity index (χ3v) is 4.99. The van der Waals surface area contributed by atoms with E-state index in [9.17, 15) is 13.6 Å². The number of halogens is 2. The number of ether oxygens (including phenoxy) is 3. The molecule has 1 unspecified atom stereocenters. The molecule has 0 aliphatic rings. The molecule has 1 heterocycles. The number of nitrogens with zero attached hydrogens (tertiary/aromatic N) is 1. The van der Waals surface area contributed by atoms with Gasteiger partial charge in [-0.3, -0.25) is 4.98 Å². The van der Waals surface area contributed by atoms with E-state index < -0.39 is 30.5 Å². The van der Waals surface area contributed by atoms with Gasteiger partial charge in [0, 0.05) is 17.0 Å². The number of aliphatic carboxylic acids is 1. The van der Waals surface area contributed by atoms with Crippen LogP contribution >= 0.6 is 0 Å². The minimum absolute atomic E-state index is 0.0195. The van der Waals surface area contributed by atoms with Gasteiger partial charge in [0.15, 0.2) is 18.2 Å². The van der Waals surface area contributed by atoms with Gasteiger partial charge in [-0.2, -0.15) is 0 Å². The van der Waals surface area contributed by atoms with Crippen molar-refractivity contribution in [3.63, 3.8) is 0 Å². The van der Waals surface area contributed by atoms with Crippen LogP contribution in [-0.4, -0.2) is 22.7 Å². The van der Waals surface area contributed by atoms with E-state index in [2.05, 4.69) is 4.98 Å². The number of rotatable bonds is 9. The SMILES string of the molecule is Cc1ccc(C(OCc2ccc3cc(F)c(F)cc3n2)Oc2ccccc2)cc1OCC(=O)O. The minimum Gasteiger partial charge on any atom is -0.482 e. The number of hydrogen-bond acceptors (Lipinski definition) is 5. The lowest BCUT2D eigenvalue weighted by Crippen LogP contribution is -2.14. The molecule has 1 N–H and O–H groups in total. The van der Waals surface area contributed by atoms with Gasteiger partial charge >= 0.3 is 5.97 Å². The van der Waals surface area contributed by atoms with E-state index >= 15 is 0 Å². The highest BCUT2D eigenvalue weighted by atomic mass is 19.2. The average Bonchev–Trinajstić information content (AvgIpc) is 2.82. The van der Waals surface area contributed by atoms with Crippen molar-refractivity contribution in [3.8, 4) is 11.5 Å². The number of carboxylic acids is 1. The summed E-state index contributed by atoms with van der Waals surface area (Å²) in [5.74, 6) is -2.04. The Morgan fingerprint density at radius 1 is 1.00 bits per heavy atom. The second kappa shape index (κ2) is 10.3. The number of pyridine rings is 1. The highest BCUT2D eigenvalue weighted by molar-refractivity contribution is 5.78. The van der Waals surface area contributed by atoms with Gasteiger partial charge in [0.25, 0.3) is 0 Å². The van der Waals surface area contributed by atoms with Crippen molar-refractivity contribution in [3.05, 3.63) is 101 Å². The van der Waals surface area contributed by atoms with Gasteiger partial charge in [0.2, 0.25) is 6.29 Å². The molecule has 8 heteroatoms. The Labute approximate surface area is 194 Å². The third kappa shape index (κ3) is 5.65. The van der Waals surface area contributed by atoms with Crippen LogP contribution < -0.4 is 9.47 Å². The molecule has 0 bridgehead atoms. The Kier molecular flexibility index (Phi) is 6.98. The maximum Gasteiger partial charge on any atom is 0.341 e. The van der Waals surface area contributed by atoms with Crippen molar-refractivity contribution >= 4 is 16.9 Å². The minimum atomic E-state index is -1.09. The summed E-state index contributed by atoms with van der Waals surface area (Å²) in [6.45, 7) is 1.34. The summed E-state index contributed by atoms with van der Waals surface area (Å²) >= 11 is 0. The largest absolute Gasteiger partial charge is 0.482 e. The Morgan fingerprint density at radius 3 is 2.53 bits per heavy atom. The summed E-state index contributed by atoms with van der Waals surface area (Å²) in [6.07, 6.45) is -0.877. The molecule has 0 amide bonds. The normalized spacial score (nSPS) is 11.9. The smallest absolute Gasteiger partial charge is 0.341 e. The molecule has 0 spiro atoms. The molecule has 1 atom stereocenters. The fraction of sp³-hybridized carbons (Fsp3) is 0.154. The van der Waals surface area contributed by atoms with Crippen LogP contribution in [0, 0.1) is 18.6 Å². The molecule has 0 radical (unpaired) electrons. The summed E-state index contributed by atoms with van der Waals surface area (Å²) in [7, 11) is 0. The van der Waals surface area contributed by atoms with E-state index in [4.69, 9.17) is 19.3 Å². The number of aromatic nitrogens is 1. The fourth-order valence-electron chi connectivity index (χ4n) is 3.28. The summed E-state index contributed by atoms with van der Waals surface area (Å²) < 4.78 is 44.5. The Balaban J connectivity index is 1.59. The molecule has 4 aromatic rings. The predicted octanol–water partition coefficient (Wildman–Crippen LogP) is 5.58. The number of para-hydroxylation sites is 1. The van der Waals surface area contributed by atoms with Crippen LogP contribution in [0.25, 0.3) is 10.9 Å². The maximum absolute atomic E-state index is 13.6. The van der Waals surface area contributed by atoms with Crippen molar-refractivity contribution in [1.82, 2.24) is 4.98 Å². The lowest BCUT2D eigenvalue weighted by molar-refractivity contribution is -0.139. The highest BCUT2D eigenvalue weighted by Gasteiger charge is 2.18. The van der Waals surface area contributed by atoms with Gasteiger partial charge < -0.3 is 19.3 Å². The Morgan fingerprint density at radius 2 is 1.76 bits per heavy atom. The van der Waals surface area contributed by atoms with Gasteiger partial charge in [-0.1, -0.05) is 36.4 Å². The zero-order valence-corrected chi connectivity index (χ0v) is 18.2.